The first-order chi connectivity index (χ1) is 25.9. The van der Waals surface area contributed by atoms with E-state index in [1.54, 1.807) is 24.3 Å². The van der Waals surface area contributed by atoms with E-state index in [0.717, 1.165) is 42.0 Å². The number of Topliss-reactive ketones (excluding diaryl/α,β-unsaturated/α-hetero) is 2. The average Bonchev–Trinajstić information content (AvgIpc) is 3.85. The van der Waals surface area contributed by atoms with E-state index in [1.165, 1.54) is 34.1 Å². The third-order valence-electron chi connectivity index (χ3n) is 11.6. The van der Waals surface area contributed by atoms with Gasteiger partial charge in [-0.1, -0.05) is 116 Å². The number of ketones is 2. The van der Waals surface area contributed by atoms with Crippen LogP contribution < -0.4 is 15.3 Å². The van der Waals surface area contributed by atoms with Gasteiger partial charge in [0.25, 0.3) is 0 Å². The Morgan fingerprint density at radius 3 is 2.30 bits per heavy atom. The summed E-state index contributed by atoms with van der Waals surface area (Å²) in [6.07, 6.45) is 25.1. The molecule has 1 N–H and O–H groups in total. The van der Waals surface area contributed by atoms with Crippen molar-refractivity contribution < 1.29 is 19.5 Å². The molecule has 5 heteroatoms. The highest BCUT2D eigenvalue weighted by molar-refractivity contribution is 6.33. The third-order valence-corrected chi connectivity index (χ3v) is 11.6. The van der Waals surface area contributed by atoms with Crippen LogP contribution in [0.5, 0.6) is 0 Å². The fraction of sp³-hybridized carbons (Fsp3) is 0.188. The second kappa shape index (κ2) is 13.5. The molecule has 2 saturated carbocycles. The van der Waals surface area contributed by atoms with Crippen molar-refractivity contribution in [2.45, 2.75) is 37.6 Å². The van der Waals surface area contributed by atoms with Crippen LogP contribution in [0.1, 0.15) is 64.2 Å². The van der Waals surface area contributed by atoms with Crippen LogP contribution in [0.15, 0.2) is 133 Å². The number of allylic oxidation sites excluding steroid dienone is 8. The van der Waals surface area contributed by atoms with Crippen LogP contribution in [0.25, 0.3) is 29.9 Å². The van der Waals surface area contributed by atoms with Gasteiger partial charge in [0, 0.05) is 29.3 Å². The van der Waals surface area contributed by atoms with Crippen molar-refractivity contribution in [2.75, 3.05) is 4.90 Å². The predicted octanol–water partition coefficient (Wildman–Crippen LogP) is 8.44. The van der Waals surface area contributed by atoms with Crippen LogP contribution in [-0.2, 0) is 9.59 Å². The second-order valence-electron chi connectivity index (χ2n) is 14.7. The molecule has 9 rings (SSSR count). The molecule has 1 aliphatic heterocycles. The summed E-state index contributed by atoms with van der Waals surface area (Å²) in [5.41, 5.74) is 8.59. The average molecular weight is 694 g/mol. The Balaban J connectivity index is 0.967. The van der Waals surface area contributed by atoms with Crippen molar-refractivity contribution in [1.82, 2.24) is 0 Å². The van der Waals surface area contributed by atoms with Gasteiger partial charge in [-0.05, 0) is 100 Å². The number of carbonyl (C=O) groups is 3. The molecule has 1 heterocycles. The Labute approximate surface area is 309 Å². The maximum atomic E-state index is 13.6. The molecule has 4 aromatic carbocycles. The van der Waals surface area contributed by atoms with E-state index in [1.807, 2.05) is 12.1 Å². The first-order valence-corrected chi connectivity index (χ1v) is 18.6. The molecule has 5 nitrogen and oxygen atoms in total. The van der Waals surface area contributed by atoms with E-state index >= 15 is 0 Å². The fourth-order valence-electron chi connectivity index (χ4n) is 9.05. The number of fused-ring (bicyclic) bond motifs is 5. The minimum atomic E-state index is -1.02. The lowest BCUT2D eigenvalue weighted by atomic mass is 9.87. The predicted molar refractivity (Wildman–Crippen MR) is 212 cm³/mol. The first kappa shape index (κ1) is 32.8. The third kappa shape index (κ3) is 5.96. The van der Waals surface area contributed by atoms with Gasteiger partial charge < -0.3 is 10.0 Å². The van der Waals surface area contributed by atoms with E-state index in [2.05, 4.69) is 114 Å². The van der Waals surface area contributed by atoms with Crippen LogP contribution in [0.4, 0.5) is 11.4 Å². The molecule has 5 atom stereocenters. The highest BCUT2D eigenvalue weighted by Crippen LogP contribution is 2.52. The molecule has 0 amide bonds. The van der Waals surface area contributed by atoms with Gasteiger partial charge in [-0.3, -0.25) is 9.59 Å². The second-order valence-corrected chi connectivity index (χ2v) is 14.7. The Morgan fingerprint density at radius 2 is 1.55 bits per heavy atom. The zero-order valence-corrected chi connectivity index (χ0v) is 29.3. The number of carbonyl (C=O) groups excluding carboxylic acids is 2. The number of anilines is 2. The number of rotatable bonds is 7. The standard InChI is InChI=1S/C48H39NO4/c50-46-41-28-34-20-21-35(48(52)53)27-36(34)29-42(41)47(51)43(46)26-31-19-24-45-40(25-31)39-15-8-16-44(39)49(45)37-22-17-30(18-23-37)9-7-14-38(32-10-3-1-4-11-32)33-12-5-2-6-13-33/h1-7,9-12,14,17-29,33,39,41-42,44H,8,13,15-16H2,(H,52,53)/b9-7+,38-14-,43-26?. The van der Waals surface area contributed by atoms with Crippen molar-refractivity contribution in [1.29, 1.82) is 0 Å². The van der Waals surface area contributed by atoms with Crippen LogP contribution in [-0.4, -0.2) is 28.7 Å². The number of carboxylic acids is 1. The number of nitrogens with zero attached hydrogens (tertiary/aromatic N) is 1. The number of benzene rings is 4. The molecule has 0 bridgehead atoms. The highest BCUT2D eigenvalue weighted by atomic mass is 16.4. The number of aromatic carboxylic acids is 1. The van der Waals surface area contributed by atoms with Crippen LogP contribution in [0, 0.1) is 17.8 Å². The number of carboxylic acid groups (broad SMARTS) is 1. The summed E-state index contributed by atoms with van der Waals surface area (Å²) in [4.78, 5) is 41.2. The Hall–Kier alpha value is -6.07. The summed E-state index contributed by atoms with van der Waals surface area (Å²) in [5, 5.41) is 10.9. The summed E-state index contributed by atoms with van der Waals surface area (Å²) in [5.74, 6) is -1.82. The molecular weight excluding hydrogens is 655 g/mol. The molecule has 0 radical (unpaired) electrons. The van der Waals surface area contributed by atoms with E-state index in [4.69, 9.17) is 0 Å². The monoisotopic (exact) mass is 693 g/mol. The molecule has 0 saturated heterocycles. The molecule has 53 heavy (non-hydrogen) atoms. The van der Waals surface area contributed by atoms with Crippen LogP contribution in [0.2, 0.25) is 0 Å². The Kier molecular flexibility index (Phi) is 8.35. The highest BCUT2D eigenvalue weighted by Gasteiger charge is 2.45. The van der Waals surface area contributed by atoms with Gasteiger partial charge in [-0.15, -0.1) is 0 Å². The largest absolute Gasteiger partial charge is 0.478 e. The molecule has 4 aliphatic carbocycles. The molecule has 5 aliphatic rings. The molecule has 4 aromatic rings. The summed E-state index contributed by atoms with van der Waals surface area (Å²) < 4.78 is 0. The molecule has 2 fully saturated rings. The van der Waals surface area contributed by atoms with Gasteiger partial charge in [0.1, 0.15) is 0 Å². The zero-order chi connectivity index (χ0) is 36.1. The summed E-state index contributed by atoms with van der Waals surface area (Å²) >= 11 is 0. The summed E-state index contributed by atoms with van der Waals surface area (Å²) in [7, 11) is 0. The fourth-order valence-corrected chi connectivity index (χ4v) is 9.05. The van der Waals surface area contributed by atoms with Gasteiger partial charge >= 0.3 is 5.97 Å². The minimum Gasteiger partial charge on any atom is -0.478 e. The van der Waals surface area contributed by atoms with E-state index in [-0.39, 0.29) is 22.7 Å². The van der Waals surface area contributed by atoms with Crippen LogP contribution >= 0.6 is 0 Å². The minimum absolute atomic E-state index is 0.163. The lowest BCUT2D eigenvalue weighted by molar-refractivity contribution is -0.117. The number of hydrogen-bond donors (Lipinski definition) is 1. The van der Waals surface area contributed by atoms with Crippen molar-refractivity contribution in [3.63, 3.8) is 0 Å². The van der Waals surface area contributed by atoms with Gasteiger partial charge in [0.15, 0.2) is 11.6 Å². The van der Waals surface area contributed by atoms with Gasteiger partial charge in [0.2, 0.25) is 0 Å². The van der Waals surface area contributed by atoms with Gasteiger partial charge in [-0.2, -0.15) is 0 Å². The van der Waals surface area contributed by atoms with Crippen LogP contribution in [0.3, 0.4) is 0 Å². The Bertz CT molecular complexity index is 2450. The summed E-state index contributed by atoms with van der Waals surface area (Å²) in [6, 6.07) is 31.0. The van der Waals surface area contributed by atoms with Crippen molar-refractivity contribution in [2.24, 2.45) is 17.8 Å². The van der Waals surface area contributed by atoms with E-state index < -0.39 is 17.8 Å². The lowest BCUT2D eigenvalue weighted by Crippen LogP contribution is -2.34. The lowest BCUT2D eigenvalue weighted by Gasteiger charge is -2.27. The molecule has 5 unspecified atom stereocenters. The van der Waals surface area contributed by atoms with E-state index in [9.17, 15) is 19.5 Å². The molecule has 260 valence electrons. The van der Waals surface area contributed by atoms with Crippen molar-refractivity contribution in [3.05, 3.63) is 171 Å². The zero-order valence-electron chi connectivity index (χ0n) is 29.3. The Morgan fingerprint density at radius 1 is 0.774 bits per heavy atom. The normalized spacial score (nSPS) is 24.9. The number of hydrogen-bond acceptors (Lipinski definition) is 4. The molecule has 0 aromatic heterocycles. The quantitative estimate of drug-likeness (QED) is 0.120. The van der Waals surface area contributed by atoms with Gasteiger partial charge in [-0.25, -0.2) is 4.79 Å². The maximum Gasteiger partial charge on any atom is 0.335 e. The SMILES string of the molecule is O=C(O)c1ccc2c(c1)=CC1C(=O)C(=Cc3ccc4c(c3)C3CCCC3N4c3ccc(/C=C/C=C(/c4ccccc4)C4C=CC=CC4)cc3)C(=O)C1C=2. The smallest absolute Gasteiger partial charge is 0.335 e. The topological polar surface area (TPSA) is 74.7 Å². The van der Waals surface area contributed by atoms with E-state index in [0.29, 0.717) is 23.1 Å². The maximum absolute atomic E-state index is 13.6. The first-order valence-electron chi connectivity index (χ1n) is 18.6. The molecule has 0 spiro atoms. The molecular formula is C48H39NO4. The van der Waals surface area contributed by atoms with Gasteiger partial charge in [0.05, 0.1) is 23.0 Å². The van der Waals surface area contributed by atoms with Crippen molar-refractivity contribution in [3.8, 4) is 0 Å². The van der Waals surface area contributed by atoms with Crippen molar-refractivity contribution >= 4 is 58.8 Å². The summed E-state index contributed by atoms with van der Waals surface area (Å²) in [6.45, 7) is 0.